The predicted octanol–water partition coefficient (Wildman–Crippen LogP) is 2.72. The molecule has 0 saturated heterocycles. The van der Waals surface area contributed by atoms with Crippen molar-refractivity contribution in [2.75, 3.05) is 26.9 Å². The van der Waals surface area contributed by atoms with Crippen LogP contribution < -0.4 is 10.1 Å². The number of amides is 1. The third kappa shape index (κ3) is 5.97. The minimum Gasteiger partial charge on any atom is -0.497 e. The van der Waals surface area contributed by atoms with Crippen molar-refractivity contribution in [3.8, 4) is 5.75 Å². The number of benzene rings is 1. The quantitative estimate of drug-likeness (QED) is 0.615. The lowest BCUT2D eigenvalue weighted by Gasteiger charge is -2.29. The molecular weight excluding hydrogens is 346 g/mol. The molecule has 6 heteroatoms. The number of hydrogen-bond acceptors (Lipinski definition) is 5. The first-order chi connectivity index (χ1) is 13.2. The van der Waals surface area contributed by atoms with Gasteiger partial charge in [-0.25, -0.2) is 0 Å². The van der Waals surface area contributed by atoms with Gasteiger partial charge in [-0.3, -0.25) is 4.79 Å². The van der Waals surface area contributed by atoms with Crippen LogP contribution in [0.1, 0.15) is 43.6 Å². The van der Waals surface area contributed by atoms with Crippen LogP contribution in [0.4, 0.5) is 0 Å². The van der Waals surface area contributed by atoms with Gasteiger partial charge in [0, 0.05) is 25.5 Å². The molecule has 1 aromatic carbocycles. The molecule has 0 aromatic heterocycles. The van der Waals surface area contributed by atoms with Crippen molar-refractivity contribution < 1.29 is 24.1 Å². The smallest absolute Gasteiger partial charge is 0.286 e. The van der Waals surface area contributed by atoms with Gasteiger partial charge in [0.1, 0.15) is 5.75 Å². The molecule has 3 rings (SSSR count). The summed E-state index contributed by atoms with van der Waals surface area (Å²) in [5.74, 6) is 1.60. The SMILES string of the molecule is COc1ccc([C@H]2C=C(C(=O)NCC3CC3)O[C@@H](OCCCCO)C2)cc1. The number of ether oxygens (including phenoxy) is 3. The number of carbonyl (C=O) groups is 1. The van der Waals surface area contributed by atoms with Gasteiger partial charge in [-0.05, 0) is 55.4 Å². The molecule has 2 aliphatic rings. The molecular formula is C21H29NO5. The van der Waals surface area contributed by atoms with Crippen molar-refractivity contribution in [2.45, 2.75) is 44.3 Å². The Kier molecular flexibility index (Phi) is 7.12. The van der Waals surface area contributed by atoms with Gasteiger partial charge in [0.2, 0.25) is 6.29 Å². The Labute approximate surface area is 160 Å². The standard InChI is InChI=1S/C21H29NO5/c1-25-18-8-6-16(7-9-18)17-12-19(21(24)22-14-15-4-5-15)27-20(13-17)26-11-3-2-10-23/h6-9,12,15,17,20,23H,2-5,10-11,13-14H2,1H3,(H,22,24)/t17-,20+/m0/s1. The minimum absolute atomic E-state index is 0.0363. The summed E-state index contributed by atoms with van der Waals surface area (Å²) in [7, 11) is 1.64. The summed E-state index contributed by atoms with van der Waals surface area (Å²) < 4.78 is 16.9. The molecule has 2 N–H and O–H groups in total. The van der Waals surface area contributed by atoms with Crippen LogP contribution in [0.3, 0.4) is 0 Å². The van der Waals surface area contributed by atoms with Crippen LogP contribution in [0.25, 0.3) is 0 Å². The van der Waals surface area contributed by atoms with Gasteiger partial charge in [0.05, 0.1) is 13.7 Å². The van der Waals surface area contributed by atoms with Gasteiger partial charge in [-0.1, -0.05) is 12.1 Å². The summed E-state index contributed by atoms with van der Waals surface area (Å²) >= 11 is 0. The van der Waals surface area contributed by atoms with Gasteiger partial charge in [-0.15, -0.1) is 0 Å². The number of hydrogen-bond donors (Lipinski definition) is 2. The molecule has 1 fully saturated rings. The highest BCUT2D eigenvalue weighted by Gasteiger charge is 2.30. The largest absolute Gasteiger partial charge is 0.497 e. The second-order valence-electron chi connectivity index (χ2n) is 7.15. The fourth-order valence-corrected chi connectivity index (χ4v) is 3.08. The van der Waals surface area contributed by atoms with Gasteiger partial charge in [-0.2, -0.15) is 0 Å². The molecule has 0 radical (unpaired) electrons. The van der Waals surface area contributed by atoms with Crippen molar-refractivity contribution in [3.63, 3.8) is 0 Å². The Bertz CT molecular complexity index is 638. The number of allylic oxidation sites excluding steroid dienone is 1. The number of aliphatic hydroxyl groups is 1. The lowest BCUT2D eigenvalue weighted by atomic mass is 9.93. The van der Waals surface area contributed by atoms with Crippen LogP contribution in [-0.2, 0) is 14.3 Å². The lowest BCUT2D eigenvalue weighted by molar-refractivity contribution is -0.146. The number of aliphatic hydroxyl groups excluding tert-OH is 1. The molecule has 0 bridgehead atoms. The molecule has 1 aliphatic carbocycles. The van der Waals surface area contributed by atoms with Crippen molar-refractivity contribution in [1.82, 2.24) is 5.32 Å². The molecule has 6 nitrogen and oxygen atoms in total. The Morgan fingerprint density at radius 1 is 1.26 bits per heavy atom. The topological polar surface area (TPSA) is 77.0 Å². The molecule has 1 heterocycles. The van der Waals surface area contributed by atoms with E-state index in [2.05, 4.69) is 5.32 Å². The van der Waals surface area contributed by atoms with Crippen molar-refractivity contribution in [2.24, 2.45) is 5.92 Å². The fourth-order valence-electron chi connectivity index (χ4n) is 3.08. The molecule has 1 saturated carbocycles. The van der Waals surface area contributed by atoms with Gasteiger partial charge < -0.3 is 24.6 Å². The van der Waals surface area contributed by atoms with E-state index in [0.29, 0.717) is 37.7 Å². The summed E-state index contributed by atoms with van der Waals surface area (Å²) in [6.07, 6.45) is 5.89. The second-order valence-corrected chi connectivity index (χ2v) is 7.15. The van der Waals surface area contributed by atoms with Crippen molar-refractivity contribution in [3.05, 3.63) is 41.7 Å². The number of nitrogens with one attached hydrogen (secondary N) is 1. The maximum Gasteiger partial charge on any atom is 0.286 e. The van der Waals surface area contributed by atoms with Crippen LogP contribution in [0.2, 0.25) is 0 Å². The molecule has 0 unspecified atom stereocenters. The molecule has 1 amide bonds. The number of unbranched alkanes of at least 4 members (excludes halogenated alkanes) is 1. The normalized spacial score (nSPS) is 21.9. The zero-order valence-electron chi connectivity index (χ0n) is 15.9. The van der Waals surface area contributed by atoms with E-state index < -0.39 is 6.29 Å². The van der Waals surface area contributed by atoms with Gasteiger partial charge in [0.15, 0.2) is 5.76 Å². The van der Waals surface area contributed by atoms with Gasteiger partial charge >= 0.3 is 0 Å². The Hall–Kier alpha value is -2.05. The molecule has 27 heavy (non-hydrogen) atoms. The molecule has 2 atom stereocenters. The fraction of sp³-hybridized carbons (Fsp3) is 0.571. The number of carbonyl (C=O) groups excluding carboxylic acids is 1. The maximum absolute atomic E-state index is 12.5. The first-order valence-electron chi connectivity index (χ1n) is 9.72. The zero-order chi connectivity index (χ0) is 19.1. The first kappa shape index (κ1) is 19.7. The summed E-state index contributed by atoms with van der Waals surface area (Å²) in [5.41, 5.74) is 1.09. The predicted molar refractivity (Wildman–Crippen MR) is 101 cm³/mol. The average molecular weight is 375 g/mol. The van der Waals surface area contributed by atoms with E-state index in [1.54, 1.807) is 7.11 Å². The summed E-state index contributed by atoms with van der Waals surface area (Å²) in [6, 6.07) is 7.85. The lowest BCUT2D eigenvalue weighted by Crippen LogP contribution is -2.34. The summed E-state index contributed by atoms with van der Waals surface area (Å²) in [4.78, 5) is 12.5. The Balaban J connectivity index is 1.67. The molecule has 1 aromatic rings. The van der Waals surface area contributed by atoms with Crippen LogP contribution in [0.15, 0.2) is 36.1 Å². The van der Waals surface area contributed by atoms with E-state index in [9.17, 15) is 4.79 Å². The number of methoxy groups -OCH3 is 1. The van der Waals surface area contributed by atoms with E-state index in [1.165, 1.54) is 12.8 Å². The van der Waals surface area contributed by atoms with E-state index in [1.807, 2.05) is 30.3 Å². The highest BCUT2D eigenvalue weighted by molar-refractivity contribution is 5.91. The third-order valence-electron chi connectivity index (χ3n) is 4.93. The first-order valence-corrected chi connectivity index (χ1v) is 9.72. The van der Waals surface area contributed by atoms with Crippen molar-refractivity contribution in [1.29, 1.82) is 0 Å². The Morgan fingerprint density at radius 3 is 2.70 bits per heavy atom. The van der Waals surface area contributed by atoms with Crippen LogP contribution in [0.5, 0.6) is 5.75 Å². The third-order valence-corrected chi connectivity index (χ3v) is 4.93. The van der Waals surface area contributed by atoms with E-state index in [0.717, 1.165) is 17.7 Å². The number of rotatable bonds is 10. The second kappa shape index (κ2) is 9.76. The van der Waals surface area contributed by atoms with Crippen LogP contribution in [-0.4, -0.2) is 44.2 Å². The van der Waals surface area contributed by atoms with Crippen LogP contribution >= 0.6 is 0 Å². The van der Waals surface area contributed by atoms with Gasteiger partial charge in [0.25, 0.3) is 5.91 Å². The van der Waals surface area contributed by atoms with Crippen molar-refractivity contribution >= 4 is 5.91 Å². The highest BCUT2D eigenvalue weighted by atomic mass is 16.7. The molecule has 1 aliphatic heterocycles. The summed E-state index contributed by atoms with van der Waals surface area (Å²) in [6.45, 7) is 1.35. The van der Waals surface area contributed by atoms with Crippen LogP contribution in [0, 0.1) is 5.92 Å². The Morgan fingerprint density at radius 2 is 2.04 bits per heavy atom. The highest BCUT2D eigenvalue weighted by Crippen LogP contribution is 2.33. The zero-order valence-corrected chi connectivity index (χ0v) is 15.9. The summed E-state index contributed by atoms with van der Waals surface area (Å²) in [5, 5.41) is 11.9. The van der Waals surface area contributed by atoms with E-state index in [4.69, 9.17) is 19.3 Å². The monoisotopic (exact) mass is 375 g/mol. The van der Waals surface area contributed by atoms with E-state index in [-0.39, 0.29) is 18.4 Å². The molecule has 148 valence electrons. The average Bonchev–Trinajstić information content (AvgIpc) is 3.54. The molecule has 0 spiro atoms. The minimum atomic E-state index is -0.470. The maximum atomic E-state index is 12.5. The van der Waals surface area contributed by atoms with E-state index >= 15 is 0 Å².